The number of rotatable bonds is 6. The number of fused-ring (bicyclic) bond motifs is 1. The molecule has 7 heteroatoms. The zero-order chi connectivity index (χ0) is 20.4. The molecule has 0 bridgehead atoms. The van der Waals surface area contributed by atoms with Gasteiger partial charge in [-0.2, -0.15) is 4.98 Å². The van der Waals surface area contributed by atoms with Gasteiger partial charge in [0.15, 0.2) is 11.5 Å². The first-order valence-corrected chi connectivity index (χ1v) is 9.41. The number of ether oxygens (including phenoxy) is 3. The number of hydrogen-bond acceptors (Lipinski definition) is 7. The Bertz CT molecular complexity index is 999. The molecular formula is C22H24N4O3. The van der Waals surface area contributed by atoms with Gasteiger partial charge < -0.3 is 24.4 Å². The number of methoxy groups -OCH3 is 3. The number of anilines is 4. The van der Waals surface area contributed by atoms with Gasteiger partial charge in [0.05, 0.1) is 21.3 Å². The first-order chi connectivity index (χ1) is 14.1. The summed E-state index contributed by atoms with van der Waals surface area (Å²) in [6.45, 7) is 2.18. The second kappa shape index (κ2) is 7.87. The summed E-state index contributed by atoms with van der Waals surface area (Å²) in [6, 6.07) is 14.2. The standard InChI is InChI=1S/C22H24N4O3/c1-14-11-15-7-5-6-8-17(15)26(14)22-23-10-9-20(25-22)24-16-12-18(27-2)21(29-4)19(13-16)28-3/h5-10,12-14H,11H2,1-4H3,(H,23,24,25). The molecule has 1 aliphatic heterocycles. The molecule has 0 fully saturated rings. The van der Waals surface area contributed by atoms with E-state index in [4.69, 9.17) is 19.2 Å². The molecule has 1 aliphatic rings. The maximum Gasteiger partial charge on any atom is 0.232 e. The average molecular weight is 392 g/mol. The van der Waals surface area contributed by atoms with Crippen LogP contribution < -0.4 is 24.4 Å². The second-order valence-corrected chi connectivity index (χ2v) is 6.83. The lowest BCUT2D eigenvalue weighted by Gasteiger charge is -2.23. The third-order valence-electron chi connectivity index (χ3n) is 5.00. The minimum atomic E-state index is 0.295. The monoisotopic (exact) mass is 392 g/mol. The number of benzene rings is 2. The highest BCUT2D eigenvalue weighted by molar-refractivity contribution is 5.70. The fourth-order valence-corrected chi connectivity index (χ4v) is 3.71. The number of nitrogens with one attached hydrogen (secondary N) is 1. The van der Waals surface area contributed by atoms with Crippen molar-refractivity contribution in [3.05, 3.63) is 54.2 Å². The Balaban J connectivity index is 1.66. The highest BCUT2D eigenvalue weighted by Gasteiger charge is 2.28. The van der Waals surface area contributed by atoms with Crippen LogP contribution in [0.15, 0.2) is 48.7 Å². The quantitative estimate of drug-likeness (QED) is 0.670. The van der Waals surface area contributed by atoms with Crippen molar-refractivity contribution in [2.75, 3.05) is 31.5 Å². The molecule has 1 atom stereocenters. The Morgan fingerprint density at radius 3 is 2.41 bits per heavy atom. The van der Waals surface area contributed by atoms with Crippen LogP contribution in [-0.2, 0) is 6.42 Å². The minimum Gasteiger partial charge on any atom is -0.493 e. The summed E-state index contributed by atoms with van der Waals surface area (Å²) >= 11 is 0. The van der Waals surface area contributed by atoms with E-state index in [2.05, 4.69) is 40.3 Å². The van der Waals surface area contributed by atoms with Crippen LogP contribution >= 0.6 is 0 Å². The molecule has 0 saturated heterocycles. The van der Waals surface area contributed by atoms with E-state index in [1.807, 2.05) is 24.3 Å². The van der Waals surface area contributed by atoms with Crippen LogP contribution in [0.5, 0.6) is 17.2 Å². The molecule has 0 amide bonds. The molecule has 2 aromatic carbocycles. The lowest BCUT2D eigenvalue weighted by Crippen LogP contribution is -2.25. The molecule has 3 aromatic rings. The minimum absolute atomic E-state index is 0.295. The summed E-state index contributed by atoms with van der Waals surface area (Å²) < 4.78 is 16.2. The number of hydrogen-bond donors (Lipinski definition) is 1. The lowest BCUT2D eigenvalue weighted by molar-refractivity contribution is 0.324. The van der Waals surface area contributed by atoms with Crippen LogP contribution in [0.4, 0.5) is 23.1 Å². The Morgan fingerprint density at radius 1 is 1.00 bits per heavy atom. The summed E-state index contributed by atoms with van der Waals surface area (Å²) in [4.78, 5) is 11.4. The SMILES string of the molecule is COc1cc(Nc2ccnc(N3c4ccccc4CC3C)n2)cc(OC)c1OC. The Morgan fingerprint density at radius 2 is 1.72 bits per heavy atom. The van der Waals surface area contributed by atoms with Crippen LogP contribution in [0.2, 0.25) is 0 Å². The number of para-hydroxylation sites is 1. The third kappa shape index (κ3) is 3.51. The zero-order valence-electron chi connectivity index (χ0n) is 17.0. The molecule has 7 nitrogen and oxygen atoms in total. The van der Waals surface area contributed by atoms with Gasteiger partial charge in [0.25, 0.3) is 0 Å². The highest BCUT2D eigenvalue weighted by Crippen LogP contribution is 2.41. The number of nitrogens with zero attached hydrogens (tertiary/aromatic N) is 3. The first kappa shape index (κ1) is 18.9. The fourth-order valence-electron chi connectivity index (χ4n) is 3.71. The van der Waals surface area contributed by atoms with Gasteiger partial charge in [0.1, 0.15) is 5.82 Å². The van der Waals surface area contributed by atoms with E-state index < -0.39 is 0 Å². The van der Waals surface area contributed by atoms with E-state index in [9.17, 15) is 0 Å². The van der Waals surface area contributed by atoms with E-state index >= 15 is 0 Å². The van der Waals surface area contributed by atoms with Crippen LogP contribution in [0, 0.1) is 0 Å². The van der Waals surface area contributed by atoms with Crippen molar-refractivity contribution >= 4 is 23.1 Å². The molecule has 1 aromatic heterocycles. The van der Waals surface area contributed by atoms with E-state index in [1.54, 1.807) is 27.5 Å². The molecule has 1 unspecified atom stereocenters. The van der Waals surface area contributed by atoms with E-state index in [0.29, 0.717) is 35.1 Å². The van der Waals surface area contributed by atoms with E-state index in [1.165, 1.54) is 5.56 Å². The van der Waals surface area contributed by atoms with Crippen molar-refractivity contribution < 1.29 is 14.2 Å². The molecule has 4 rings (SSSR count). The molecule has 0 radical (unpaired) electrons. The van der Waals surface area contributed by atoms with Crippen LogP contribution in [0.1, 0.15) is 12.5 Å². The second-order valence-electron chi connectivity index (χ2n) is 6.83. The summed E-state index contributed by atoms with van der Waals surface area (Å²) in [5.74, 6) is 3.05. The van der Waals surface area contributed by atoms with Crippen molar-refractivity contribution in [2.45, 2.75) is 19.4 Å². The van der Waals surface area contributed by atoms with Gasteiger partial charge in [0, 0.05) is 35.7 Å². The van der Waals surface area contributed by atoms with Gasteiger partial charge in [-0.1, -0.05) is 18.2 Å². The molecule has 2 heterocycles. The van der Waals surface area contributed by atoms with Gasteiger partial charge >= 0.3 is 0 Å². The fraction of sp³-hybridized carbons (Fsp3) is 0.273. The molecule has 0 saturated carbocycles. The average Bonchev–Trinajstić information content (AvgIpc) is 3.08. The molecule has 150 valence electrons. The normalized spacial score (nSPS) is 15.0. The smallest absolute Gasteiger partial charge is 0.232 e. The van der Waals surface area contributed by atoms with Crippen LogP contribution in [0.3, 0.4) is 0 Å². The lowest BCUT2D eigenvalue weighted by atomic mass is 10.1. The summed E-state index contributed by atoms with van der Waals surface area (Å²) in [6.07, 6.45) is 2.74. The first-order valence-electron chi connectivity index (χ1n) is 9.41. The highest BCUT2D eigenvalue weighted by atomic mass is 16.5. The number of aromatic nitrogens is 2. The van der Waals surface area contributed by atoms with Crippen molar-refractivity contribution in [3.8, 4) is 17.2 Å². The van der Waals surface area contributed by atoms with E-state index in [0.717, 1.165) is 17.8 Å². The topological polar surface area (TPSA) is 68.7 Å². The zero-order valence-corrected chi connectivity index (χ0v) is 17.0. The van der Waals surface area contributed by atoms with Crippen molar-refractivity contribution in [2.24, 2.45) is 0 Å². The summed E-state index contributed by atoms with van der Waals surface area (Å²) in [5, 5.41) is 3.31. The molecular weight excluding hydrogens is 368 g/mol. The summed E-state index contributed by atoms with van der Waals surface area (Å²) in [7, 11) is 4.77. The predicted molar refractivity (Wildman–Crippen MR) is 113 cm³/mol. The van der Waals surface area contributed by atoms with Gasteiger partial charge in [-0.05, 0) is 31.0 Å². The molecule has 1 N–H and O–H groups in total. The molecule has 0 aliphatic carbocycles. The largest absolute Gasteiger partial charge is 0.493 e. The van der Waals surface area contributed by atoms with Gasteiger partial charge in [-0.25, -0.2) is 4.98 Å². The summed E-state index contributed by atoms with van der Waals surface area (Å²) in [5.41, 5.74) is 3.25. The van der Waals surface area contributed by atoms with Crippen LogP contribution in [-0.4, -0.2) is 37.3 Å². The van der Waals surface area contributed by atoms with Crippen LogP contribution in [0.25, 0.3) is 0 Å². The third-order valence-corrected chi connectivity index (χ3v) is 5.00. The predicted octanol–water partition coefficient (Wildman–Crippen LogP) is 4.33. The Kier molecular flexibility index (Phi) is 5.12. The van der Waals surface area contributed by atoms with Crippen molar-refractivity contribution in [1.82, 2.24) is 9.97 Å². The maximum absolute atomic E-state index is 5.43. The Hall–Kier alpha value is -3.48. The van der Waals surface area contributed by atoms with E-state index in [-0.39, 0.29) is 0 Å². The maximum atomic E-state index is 5.43. The van der Waals surface area contributed by atoms with Crippen molar-refractivity contribution in [1.29, 1.82) is 0 Å². The van der Waals surface area contributed by atoms with Gasteiger partial charge in [0.2, 0.25) is 11.7 Å². The van der Waals surface area contributed by atoms with Gasteiger partial charge in [-0.15, -0.1) is 0 Å². The Labute approximate surface area is 170 Å². The van der Waals surface area contributed by atoms with Crippen molar-refractivity contribution in [3.63, 3.8) is 0 Å². The molecule has 29 heavy (non-hydrogen) atoms. The van der Waals surface area contributed by atoms with Gasteiger partial charge in [-0.3, -0.25) is 0 Å². The molecule has 0 spiro atoms.